The van der Waals surface area contributed by atoms with Gasteiger partial charge in [-0.2, -0.15) is 5.26 Å². The maximum Gasteiger partial charge on any atom is 0.247 e. The fourth-order valence-electron chi connectivity index (χ4n) is 2.51. The molecule has 1 aliphatic heterocycles. The average Bonchev–Trinajstić information content (AvgIpc) is 2.37. The van der Waals surface area contributed by atoms with Crippen LogP contribution < -0.4 is 10.6 Å². The standard InChI is InChI=1S/C14H18N4O/c1-14(2)13(19)17(3)6-7-18(14)12-5-4-11(16)8-10(12)9-15/h4-5,8H,6-7,16H2,1-3H3. The fourth-order valence-corrected chi connectivity index (χ4v) is 2.51. The van der Waals surface area contributed by atoms with E-state index in [2.05, 4.69) is 6.07 Å². The van der Waals surface area contributed by atoms with Crippen LogP contribution in [0.4, 0.5) is 11.4 Å². The quantitative estimate of drug-likeness (QED) is 0.768. The van der Waals surface area contributed by atoms with Gasteiger partial charge in [0.05, 0.1) is 11.3 Å². The van der Waals surface area contributed by atoms with Crippen molar-refractivity contribution in [3.63, 3.8) is 0 Å². The highest BCUT2D eigenvalue weighted by Crippen LogP contribution is 2.31. The predicted molar refractivity (Wildman–Crippen MR) is 74.6 cm³/mol. The zero-order valence-electron chi connectivity index (χ0n) is 11.5. The van der Waals surface area contributed by atoms with Crippen molar-refractivity contribution in [2.45, 2.75) is 19.4 Å². The Bertz CT molecular complexity index is 559. The summed E-state index contributed by atoms with van der Waals surface area (Å²) >= 11 is 0. The van der Waals surface area contributed by atoms with Crippen molar-refractivity contribution in [1.29, 1.82) is 5.26 Å². The van der Waals surface area contributed by atoms with E-state index in [1.54, 1.807) is 24.1 Å². The van der Waals surface area contributed by atoms with E-state index in [-0.39, 0.29) is 5.91 Å². The number of nitrogens with zero attached hydrogens (tertiary/aromatic N) is 3. The van der Waals surface area contributed by atoms with E-state index in [1.165, 1.54) is 0 Å². The van der Waals surface area contributed by atoms with E-state index in [0.29, 0.717) is 24.3 Å². The van der Waals surface area contributed by atoms with Crippen molar-refractivity contribution in [2.24, 2.45) is 0 Å². The van der Waals surface area contributed by atoms with Crippen molar-refractivity contribution in [2.75, 3.05) is 30.8 Å². The van der Waals surface area contributed by atoms with Gasteiger partial charge < -0.3 is 15.5 Å². The summed E-state index contributed by atoms with van der Waals surface area (Å²) in [4.78, 5) is 16.0. The van der Waals surface area contributed by atoms with Gasteiger partial charge in [-0.3, -0.25) is 4.79 Å². The number of anilines is 2. The van der Waals surface area contributed by atoms with Crippen molar-refractivity contribution >= 4 is 17.3 Å². The van der Waals surface area contributed by atoms with Gasteiger partial charge in [0.15, 0.2) is 0 Å². The molecule has 0 aromatic heterocycles. The van der Waals surface area contributed by atoms with Gasteiger partial charge in [0.25, 0.3) is 0 Å². The minimum Gasteiger partial charge on any atom is -0.399 e. The Balaban J connectivity index is 2.48. The summed E-state index contributed by atoms with van der Waals surface area (Å²) < 4.78 is 0. The SMILES string of the molecule is CN1CCN(c2ccc(N)cc2C#N)C(C)(C)C1=O. The number of rotatable bonds is 1. The van der Waals surface area contributed by atoms with E-state index in [4.69, 9.17) is 5.73 Å². The highest BCUT2D eigenvalue weighted by Gasteiger charge is 2.41. The molecule has 1 aromatic rings. The van der Waals surface area contributed by atoms with Crippen LogP contribution in [-0.4, -0.2) is 36.5 Å². The van der Waals surface area contributed by atoms with Crippen LogP contribution in [0.1, 0.15) is 19.4 Å². The summed E-state index contributed by atoms with van der Waals surface area (Å²) in [5.74, 6) is 0.0551. The predicted octanol–water partition coefficient (Wildman–Crippen LogP) is 1.20. The number of hydrogen-bond acceptors (Lipinski definition) is 4. The molecule has 1 saturated heterocycles. The third-order valence-electron chi connectivity index (χ3n) is 3.64. The van der Waals surface area contributed by atoms with Crippen molar-refractivity contribution in [1.82, 2.24) is 4.90 Å². The van der Waals surface area contributed by atoms with Crippen LogP contribution in [0, 0.1) is 11.3 Å². The molecule has 1 aromatic carbocycles. The van der Waals surface area contributed by atoms with Gasteiger partial charge in [-0.25, -0.2) is 0 Å². The van der Waals surface area contributed by atoms with Crippen LogP contribution in [0.25, 0.3) is 0 Å². The highest BCUT2D eigenvalue weighted by atomic mass is 16.2. The molecule has 2 N–H and O–H groups in total. The van der Waals surface area contributed by atoms with E-state index >= 15 is 0 Å². The zero-order chi connectivity index (χ0) is 14.2. The van der Waals surface area contributed by atoms with Crippen molar-refractivity contribution in [3.05, 3.63) is 23.8 Å². The molecular weight excluding hydrogens is 240 g/mol. The summed E-state index contributed by atoms with van der Waals surface area (Å²) in [6, 6.07) is 7.37. The number of piperazine rings is 1. The Morgan fingerprint density at radius 3 is 2.68 bits per heavy atom. The molecule has 0 aliphatic carbocycles. The summed E-state index contributed by atoms with van der Waals surface area (Å²) in [5.41, 5.74) is 6.87. The summed E-state index contributed by atoms with van der Waals surface area (Å²) in [7, 11) is 1.80. The Kier molecular flexibility index (Phi) is 3.11. The van der Waals surface area contributed by atoms with Gasteiger partial charge in [0.1, 0.15) is 11.6 Å². The normalized spacial score (nSPS) is 18.3. The van der Waals surface area contributed by atoms with E-state index in [9.17, 15) is 10.1 Å². The minimum atomic E-state index is -0.658. The molecule has 0 bridgehead atoms. The van der Waals surface area contributed by atoms with Gasteiger partial charge >= 0.3 is 0 Å². The first-order valence-electron chi connectivity index (χ1n) is 6.20. The molecule has 1 aliphatic rings. The minimum absolute atomic E-state index is 0.0551. The molecule has 19 heavy (non-hydrogen) atoms. The molecule has 100 valence electrons. The Morgan fingerprint density at radius 2 is 2.05 bits per heavy atom. The lowest BCUT2D eigenvalue weighted by molar-refractivity contribution is -0.136. The largest absolute Gasteiger partial charge is 0.399 e. The van der Waals surface area contributed by atoms with Crippen LogP contribution >= 0.6 is 0 Å². The van der Waals surface area contributed by atoms with Gasteiger partial charge in [0, 0.05) is 25.8 Å². The van der Waals surface area contributed by atoms with Crippen LogP contribution in [-0.2, 0) is 4.79 Å². The number of hydrogen-bond donors (Lipinski definition) is 1. The van der Waals surface area contributed by atoms with Gasteiger partial charge in [-0.1, -0.05) is 0 Å². The Morgan fingerprint density at radius 1 is 1.37 bits per heavy atom. The lowest BCUT2D eigenvalue weighted by atomic mass is 9.95. The molecule has 2 rings (SSSR count). The molecule has 0 unspecified atom stereocenters. The van der Waals surface area contributed by atoms with Crippen molar-refractivity contribution in [3.8, 4) is 6.07 Å². The molecule has 1 amide bonds. The molecular formula is C14H18N4O. The van der Waals surface area contributed by atoms with Crippen molar-refractivity contribution < 1.29 is 4.79 Å². The van der Waals surface area contributed by atoms with Gasteiger partial charge in [0.2, 0.25) is 5.91 Å². The van der Waals surface area contributed by atoms with Crippen LogP contribution in [0.3, 0.4) is 0 Å². The molecule has 0 radical (unpaired) electrons. The van der Waals surface area contributed by atoms with Gasteiger partial charge in [-0.15, -0.1) is 0 Å². The first kappa shape index (κ1) is 13.2. The maximum atomic E-state index is 12.3. The third kappa shape index (κ3) is 2.10. The molecule has 0 atom stereocenters. The average molecular weight is 258 g/mol. The summed E-state index contributed by atoms with van der Waals surface area (Å²) in [6.07, 6.45) is 0. The molecule has 5 nitrogen and oxygen atoms in total. The summed E-state index contributed by atoms with van der Waals surface area (Å²) in [5, 5.41) is 9.23. The molecule has 0 saturated carbocycles. The van der Waals surface area contributed by atoms with Gasteiger partial charge in [-0.05, 0) is 32.0 Å². The van der Waals surface area contributed by atoms with E-state index < -0.39 is 5.54 Å². The number of nitrogens with two attached hydrogens (primary N) is 1. The first-order valence-corrected chi connectivity index (χ1v) is 6.20. The van der Waals surface area contributed by atoms with E-state index in [1.807, 2.05) is 24.8 Å². The topological polar surface area (TPSA) is 73.4 Å². The second-order valence-electron chi connectivity index (χ2n) is 5.33. The molecule has 0 spiro atoms. The Labute approximate surface area is 113 Å². The highest BCUT2D eigenvalue weighted by molar-refractivity contribution is 5.91. The molecule has 1 fully saturated rings. The van der Waals surface area contributed by atoms with Crippen LogP contribution in [0.2, 0.25) is 0 Å². The number of nitriles is 1. The zero-order valence-corrected chi connectivity index (χ0v) is 11.5. The van der Waals surface area contributed by atoms with Crippen LogP contribution in [0.5, 0.6) is 0 Å². The lowest BCUT2D eigenvalue weighted by Gasteiger charge is -2.46. The monoisotopic (exact) mass is 258 g/mol. The second-order valence-corrected chi connectivity index (χ2v) is 5.33. The van der Waals surface area contributed by atoms with Crippen LogP contribution in [0.15, 0.2) is 18.2 Å². The summed E-state index contributed by atoms with van der Waals surface area (Å²) in [6.45, 7) is 5.11. The number of amides is 1. The Hall–Kier alpha value is -2.22. The number of benzene rings is 1. The number of carbonyl (C=O) groups is 1. The van der Waals surface area contributed by atoms with E-state index in [0.717, 1.165) is 5.69 Å². The molecule has 1 heterocycles. The lowest BCUT2D eigenvalue weighted by Crippen LogP contribution is -2.62. The third-order valence-corrected chi connectivity index (χ3v) is 3.64. The smallest absolute Gasteiger partial charge is 0.247 e. The fraction of sp³-hybridized carbons (Fsp3) is 0.429. The number of likely N-dealkylation sites (N-methyl/N-ethyl adjacent to an activating group) is 1. The number of nitrogen functional groups attached to an aromatic ring is 1. The second kappa shape index (κ2) is 4.47. The maximum absolute atomic E-state index is 12.3. The molecule has 5 heteroatoms. The first-order chi connectivity index (χ1) is 8.87. The number of carbonyl (C=O) groups excluding carboxylic acids is 1.